The topological polar surface area (TPSA) is 49.3 Å². The van der Waals surface area contributed by atoms with Crippen LogP contribution < -0.4 is 5.32 Å². The predicted molar refractivity (Wildman–Crippen MR) is 88.6 cm³/mol. The molecule has 2 N–H and O–H groups in total. The maximum Gasteiger partial charge on any atom is 0.252 e. The van der Waals surface area contributed by atoms with Crippen molar-refractivity contribution in [1.29, 1.82) is 0 Å². The van der Waals surface area contributed by atoms with Crippen LogP contribution in [0.1, 0.15) is 67.6 Å². The van der Waals surface area contributed by atoms with Crippen LogP contribution in [0.3, 0.4) is 0 Å². The van der Waals surface area contributed by atoms with Crippen molar-refractivity contribution in [1.82, 2.24) is 5.32 Å². The van der Waals surface area contributed by atoms with Gasteiger partial charge in [0.2, 0.25) is 0 Å². The number of aliphatic hydroxyl groups excluding tert-OH is 1. The van der Waals surface area contributed by atoms with Crippen molar-refractivity contribution in [2.75, 3.05) is 6.61 Å². The van der Waals surface area contributed by atoms with Gasteiger partial charge in [0.25, 0.3) is 5.91 Å². The SMILES string of the molecule is CCCCC(CCC)NC(=O)c1csc(C#CCCO)c1. The molecule has 0 aliphatic heterocycles. The molecule has 4 heteroatoms. The molecular weight excluding hydrogens is 282 g/mol. The van der Waals surface area contributed by atoms with Crippen molar-refractivity contribution in [3.63, 3.8) is 0 Å². The highest BCUT2D eigenvalue weighted by molar-refractivity contribution is 7.10. The maximum atomic E-state index is 12.2. The third-order valence-electron chi connectivity index (χ3n) is 3.19. The summed E-state index contributed by atoms with van der Waals surface area (Å²) in [7, 11) is 0. The molecule has 0 saturated heterocycles. The Balaban J connectivity index is 2.59. The molecule has 1 aromatic heterocycles. The van der Waals surface area contributed by atoms with Crippen LogP contribution in [0.25, 0.3) is 0 Å². The van der Waals surface area contributed by atoms with Crippen molar-refractivity contribution in [2.24, 2.45) is 0 Å². The van der Waals surface area contributed by atoms with Gasteiger partial charge in [-0.2, -0.15) is 0 Å². The lowest BCUT2D eigenvalue weighted by Gasteiger charge is -2.17. The quantitative estimate of drug-likeness (QED) is 0.721. The van der Waals surface area contributed by atoms with Crippen LogP contribution in [-0.2, 0) is 0 Å². The van der Waals surface area contributed by atoms with Crippen molar-refractivity contribution in [3.05, 3.63) is 21.9 Å². The summed E-state index contributed by atoms with van der Waals surface area (Å²) in [4.78, 5) is 13.1. The largest absolute Gasteiger partial charge is 0.395 e. The fourth-order valence-corrected chi connectivity index (χ4v) is 2.84. The first-order valence-electron chi connectivity index (χ1n) is 7.70. The van der Waals surface area contributed by atoms with Crippen molar-refractivity contribution < 1.29 is 9.90 Å². The molecule has 0 saturated carbocycles. The second-order valence-electron chi connectivity index (χ2n) is 5.08. The highest BCUT2D eigenvalue weighted by Crippen LogP contribution is 2.15. The van der Waals surface area contributed by atoms with Gasteiger partial charge in [-0.3, -0.25) is 4.79 Å². The van der Waals surface area contributed by atoms with Crippen LogP contribution in [0.5, 0.6) is 0 Å². The molecule has 21 heavy (non-hydrogen) atoms. The number of rotatable bonds is 8. The van der Waals surface area contributed by atoms with Gasteiger partial charge < -0.3 is 10.4 Å². The van der Waals surface area contributed by atoms with E-state index in [-0.39, 0.29) is 18.6 Å². The zero-order chi connectivity index (χ0) is 15.5. The number of thiophene rings is 1. The molecule has 0 bridgehead atoms. The zero-order valence-electron chi connectivity index (χ0n) is 12.9. The van der Waals surface area contributed by atoms with Gasteiger partial charge in [0.15, 0.2) is 0 Å². The molecule has 0 aliphatic carbocycles. The molecule has 1 heterocycles. The van der Waals surface area contributed by atoms with E-state index in [9.17, 15) is 4.79 Å². The molecule has 0 radical (unpaired) electrons. The summed E-state index contributed by atoms with van der Waals surface area (Å²) >= 11 is 1.47. The first kappa shape index (κ1) is 17.7. The lowest BCUT2D eigenvalue weighted by Crippen LogP contribution is -2.34. The van der Waals surface area contributed by atoms with E-state index in [1.807, 2.05) is 11.4 Å². The maximum absolute atomic E-state index is 12.2. The zero-order valence-corrected chi connectivity index (χ0v) is 13.8. The molecule has 1 amide bonds. The molecule has 0 fully saturated rings. The summed E-state index contributed by atoms with van der Waals surface area (Å²) in [5, 5.41) is 13.7. The van der Waals surface area contributed by atoms with Crippen LogP contribution >= 0.6 is 11.3 Å². The van der Waals surface area contributed by atoms with Crippen LogP contribution in [0.4, 0.5) is 0 Å². The van der Waals surface area contributed by atoms with E-state index in [0.29, 0.717) is 12.0 Å². The monoisotopic (exact) mass is 307 g/mol. The molecule has 3 nitrogen and oxygen atoms in total. The molecule has 0 aliphatic rings. The number of nitrogens with one attached hydrogen (secondary N) is 1. The van der Waals surface area contributed by atoms with E-state index in [4.69, 9.17) is 5.11 Å². The molecule has 1 rings (SSSR count). The number of aliphatic hydroxyl groups is 1. The number of unbranched alkanes of at least 4 members (excludes halogenated alkanes) is 1. The Bertz CT molecular complexity index is 484. The Labute approximate surface area is 131 Å². The van der Waals surface area contributed by atoms with Gasteiger partial charge in [0.1, 0.15) is 0 Å². The smallest absolute Gasteiger partial charge is 0.252 e. The number of hydrogen-bond acceptors (Lipinski definition) is 3. The van der Waals surface area contributed by atoms with Gasteiger partial charge in [0.05, 0.1) is 17.0 Å². The van der Waals surface area contributed by atoms with Crippen molar-refractivity contribution in [2.45, 2.75) is 58.4 Å². The summed E-state index contributed by atoms with van der Waals surface area (Å²) in [5.74, 6) is 5.83. The second-order valence-corrected chi connectivity index (χ2v) is 5.99. The molecule has 116 valence electrons. The Morgan fingerprint density at radius 3 is 2.86 bits per heavy atom. The van der Waals surface area contributed by atoms with Crippen LogP contribution in [0.15, 0.2) is 11.4 Å². The summed E-state index contributed by atoms with van der Waals surface area (Å²) < 4.78 is 0. The van der Waals surface area contributed by atoms with Crippen molar-refractivity contribution >= 4 is 17.2 Å². The lowest BCUT2D eigenvalue weighted by atomic mass is 10.0. The summed E-state index contributed by atoms with van der Waals surface area (Å²) in [6, 6.07) is 2.10. The number of amides is 1. The minimum atomic E-state index is -0.00369. The summed E-state index contributed by atoms with van der Waals surface area (Å²) in [5.41, 5.74) is 0.686. The minimum Gasteiger partial charge on any atom is -0.395 e. The highest BCUT2D eigenvalue weighted by atomic mass is 32.1. The molecule has 1 aromatic rings. The fraction of sp³-hybridized carbons (Fsp3) is 0.588. The lowest BCUT2D eigenvalue weighted by molar-refractivity contribution is 0.0932. The molecule has 0 aromatic carbocycles. The molecule has 1 atom stereocenters. The van der Waals surface area contributed by atoms with Gasteiger partial charge in [-0.05, 0) is 18.9 Å². The minimum absolute atomic E-state index is 0.00369. The third-order valence-corrected chi connectivity index (χ3v) is 4.03. The first-order chi connectivity index (χ1) is 10.2. The molecular formula is C17H25NO2S. The highest BCUT2D eigenvalue weighted by Gasteiger charge is 2.13. The van der Waals surface area contributed by atoms with E-state index in [2.05, 4.69) is 31.0 Å². The van der Waals surface area contributed by atoms with Gasteiger partial charge >= 0.3 is 0 Å². The van der Waals surface area contributed by atoms with Crippen LogP contribution in [-0.4, -0.2) is 23.7 Å². The number of carbonyl (C=O) groups is 1. The average Bonchev–Trinajstić information content (AvgIpc) is 2.94. The van der Waals surface area contributed by atoms with Gasteiger partial charge in [-0.15, -0.1) is 11.3 Å². The second kappa shape index (κ2) is 10.4. The van der Waals surface area contributed by atoms with Gasteiger partial charge in [0, 0.05) is 17.8 Å². The Hall–Kier alpha value is -1.31. The first-order valence-corrected chi connectivity index (χ1v) is 8.58. The Morgan fingerprint density at radius 1 is 1.38 bits per heavy atom. The van der Waals surface area contributed by atoms with Crippen LogP contribution in [0.2, 0.25) is 0 Å². The van der Waals surface area contributed by atoms with Crippen LogP contribution in [0, 0.1) is 11.8 Å². The molecule has 0 spiro atoms. The van der Waals surface area contributed by atoms with E-state index in [1.54, 1.807) is 0 Å². The van der Waals surface area contributed by atoms with Gasteiger partial charge in [-0.1, -0.05) is 45.0 Å². The number of carbonyl (C=O) groups excluding carboxylic acids is 1. The van der Waals surface area contributed by atoms with Gasteiger partial charge in [-0.25, -0.2) is 0 Å². The summed E-state index contributed by atoms with van der Waals surface area (Å²) in [6.45, 7) is 4.38. The normalized spacial score (nSPS) is 11.6. The Kier molecular flexibility index (Phi) is 8.80. The third kappa shape index (κ3) is 6.79. The average molecular weight is 307 g/mol. The van der Waals surface area contributed by atoms with E-state index >= 15 is 0 Å². The van der Waals surface area contributed by atoms with E-state index in [0.717, 1.165) is 37.0 Å². The molecule has 1 unspecified atom stereocenters. The van der Waals surface area contributed by atoms with E-state index in [1.165, 1.54) is 11.3 Å². The van der Waals surface area contributed by atoms with E-state index < -0.39 is 0 Å². The van der Waals surface area contributed by atoms with Crippen molar-refractivity contribution in [3.8, 4) is 11.8 Å². The summed E-state index contributed by atoms with van der Waals surface area (Å²) in [6.07, 6.45) is 5.92. The predicted octanol–water partition coefficient (Wildman–Crippen LogP) is 3.57. The fourth-order valence-electron chi connectivity index (χ4n) is 2.08. The standard InChI is InChI=1S/C17H25NO2S/c1-3-5-9-15(8-4-2)18-17(20)14-12-16(21-13-14)10-6-7-11-19/h12-13,15,19H,3-5,7-9,11H2,1-2H3,(H,18,20). The number of hydrogen-bond donors (Lipinski definition) is 2. The Morgan fingerprint density at radius 2 is 2.19 bits per heavy atom.